The highest BCUT2D eigenvalue weighted by Gasteiger charge is 2.77. The van der Waals surface area contributed by atoms with Crippen molar-refractivity contribution in [3.05, 3.63) is 62.9 Å². The number of nitrogens with zero attached hydrogens (tertiary/aromatic N) is 2. The molecule has 4 aliphatic rings. The van der Waals surface area contributed by atoms with E-state index in [9.17, 15) is 37.5 Å². The highest BCUT2D eigenvalue weighted by molar-refractivity contribution is 9.10. The molecule has 0 radical (unpaired) electrons. The molecular formula is C28H18BrCl2F5N2O6. The second-order valence-corrected chi connectivity index (χ2v) is 13.1. The van der Waals surface area contributed by atoms with E-state index in [1.165, 1.54) is 26.3 Å². The molecule has 1 N–H and O–H groups in total. The summed E-state index contributed by atoms with van der Waals surface area (Å²) in [4.78, 5) is 49.8. The quantitative estimate of drug-likeness (QED) is 0.119. The molecule has 2 aromatic carbocycles. The van der Waals surface area contributed by atoms with Crippen LogP contribution in [0.5, 0.6) is 11.5 Å². The smallest absolute Gasteiger partial charge is 0.258 e. The van der Waals surface area contributed by atoms with Crippen LogP contribution in [0.1, 0.15) is 24.3 Å². The van der Waals surface area contributed by atoms with Crippen LogP contribution in [0.15, 0.2) is 28.3 Å². The summed E-state index contributed by atoms with van der Waals surface area (Å²) in [7, 11) is 2.50. The zero-order valence-corrected chi connectivity index (χ0v) is 25.5. The van der Waals surface area contributed by atoms with Gasteiger partial charge in [-0.1, -0.05) is 11.6 Å². The van der Waals surface area contributed by atoms with Crippen molar-refractivity contribution in [1.82, 2.24) is 4.90 Å². The lowest BCUT2D eigenvalue weighted by molar-refractivity contribution is -0.138. The molecule has 0 aromatic heterocycles. The summed E-state index contributed by atoms with van der Waals surface area (Å²) in [6.07, 6.45) is 0.971. The molecule has 16 heteroatoms. The molecule has 0 bridgehead atoms. The van der Waals surface area contributed by atoms with Gasteiger partial charge in [0.25, 0.3) is 11.8 Å². The van der Waals surface area contributed by atoms with Gasteiger partial charge in [0.2, 0.25) is 17.6 Å². The number of carbonyl (C=O) groups excluding carboxylic acids is 4. The molecule has 6 rings (SSSR count). The van der Waals surface area contributed by atoms with Gasteiger partial charge in [0.05, 0.1) is 23.4 Å². The van der Waals surface area contributed by atoms with Gasteiger partial charge < -0.3 is 9.84 Å². The fourth-order valence-electron chi connectivity index (χ4n) is 7.01. The number of anilines is 1. The van der Waals surface area contributed by atoms with Crippen LogP contribution in [0, 0.1) is 46.8 Å². The fraction of sp³-hybridized carbons (Fsp3) is 0.357. The topological polar surface area (TPSA) is 104 Å². The minimum atomic E-state index is -2.68. The summed E-state index contributed by atoms with van der Waals surface area (Å²) < 4.78 is 77.8. The Bertz CT molecular complexity index is 1750. The lowest BCUT2D eigenvalue weighted by Crippen LogP contribution is -2.60. The van der Waals surface area contributed by atoms with Crippen molar-refractivity contribution in [3.8, 4) is 11.5 Å². The van der Waals surface area contributed by atoms with Gasteiger partial charge in [0.1, 0.15) is 5.69 Å². The first-order valence-electron chi connectivity index (χ1n) is 12.9. The molecule has 44 heavy (non-hydrogen) atoms. The number of phenolic OH excluding ortho intramolecular Hbond substituents is 1. The monoisotopic (exact) mass is 722 g/mol. The van der Waals surface area contributed by atoms with Gasteiger partial charge in [-0.05, 0) is 52.4 Å². The zero-order valence-electron chi connectivity index (χ0n) is 22.4. The zero-order chi connectivity index (χ0) is 32.4. The molecule has 2 aliphatic carbocycles. The van der Waals surface area contributed by atoms with Crippen LogP contribution in [-0.4, -0.2) is 57.5 Å². The number of imide groups is 2. The Labute approximate surface area is 263 Å². The Balaban J connectivity index is 1.64. The number of methoxy groups -OCH3 is 1. The van der Waals surface area contributed by atoms with E-state index in [0.29, 0.717) is 0 Å². The molecule has 232 valence electrons. The number of amides is 4. The average Bonchev–Trinajstić information content (AvgIpc) is 3.30. The average molecular weight is 724 g/mol. The lowest BCUT2D eigenvalue weighted by Gasteiger charge is -2.50. The second kappa shape index (κ2) is 9.88. The number of ether oxygens (including phenoxy) is 1. The highest BCUT2D eigenvalue weighted by Crippen LogP contribution is 2.66. The first-order valence-corrected chi connectivity index (χ1v) is 14.4. The number of hydrogen-bond acceptors (Lipinski definition) is 6. The molecule has 1 saturated carbocycles. The fourth-order valence-corrected chi connectivity index (χ4v) is 8.41. The van der Waals surface area contributed by atoms with Crippen molar-refractivity contribution >= 4 is 68.4 Å². The van der Waals surface area contributed by atoms with Crippen LogP contribution in [-0.2, 0) is 19.2 Å². The van der Waals surface area contributed by atoms with Gasteiger partial charge >= 0.3 is 0 Å². The number of alkyl halides is 2. The van der Waals surface area contributed by atoms with E-state index >= 15 is 8.78 Å². The number of allylic oxidation sites excluding steroid dienone is 2. The maximum Gasteiger partial charge on any atom is 0.258 e. The van der Waals surface area contributed by atoms with E-state index in [4.69, 9.17) is 27.9 Å². The highest BCUT2D eigenvalue weighted by atomic mass is 79.9. The molecule has 2 aromatic rings. The standard InChI is InChI=1S/C28H18BrCl2F5N2O6/c1-37-23(40)10-4-3-9-11(14(10)24(37)41)7-27(30)25(42)38(21-19(35)17(33)16(32)18(34)20(21)36)26(43)28(27,31)15(9)8-5-12(29)22(39)13(6-8)44-2/h3,5-6,10-11,14-15,39H,4,7H2,1-2H3. The molecule has 2 heterocycles. The lowest BCUT2D eigenvalue weighted by atomic mass is 9.56. The van der Waals surface area contributed by atoms with Crippen molar-refractivity contribution in [2.75, 3.05) is 19.1 Å². The summed E-state index contributed by atoms with van der Waals surface area (Å²) in [5.41, 5.74) is -1.52. The molecule has 0 spiro atoms. The number of aromatic hydroxyl groups is 1. The van der Waals surface area contributed by atoms with E-state index in [0.717, 1.165) is 4.90 Å². The maximum atomic E-state index is 15.1. The Kier molecular flexibility index (Phi) is 6.91. The van der Waals surface area contributed by atoms with Gasteiger partial charge in [-0.25, -0.2) is 26.9 Å². The van der Waals surface area contributed by atoms with Gasteiger partial charge in [-0.2, -0.15) is 0 Å². The second-order valence-electron chi connectivity index (χ2n) is 11.0. The maximum absolute atomic E-state index is 15.1. The third-order valence-corrected chi connectivity index (χ3v) is 11.1. The van der Waals surface area contributed by atoms with E-state index in [2.05, 4.69) is 15.9 Å². The molecular weight excluding hydrogens is 706 g/mol. The number of halogens is 8. The molecule has 4 amide bonds. The molecule has 2 saturated heterocycles. The first kappa shape index (κ1) is 30.8. The molecule has 6 atom stereocenters. The summed E-state index contributed by atoms with van der Waals surface area (Å²) in [6.45, 7) is 0. The van der Waals surface area contributed by atoms with Crippen LogP contribution in [0.4, 0.5) is 27.6 Å². The minimum Gasteiger partial charge on any atom is -0.503 e. The van der Waals surface area contributed by atoms with Crippen molar-refractivity contribution in [2.24, 2.45) is 17.8 Å². The number of rotatable bonds is 3. The van der Waals surface area contributed by atoms with Crippen molar-refractivity contribution in [2.45, 2.75) is 28.5 Å². The number of carbonyl (C=O) groups is 4. The van der Waals surface area contributed by atoms with E-state index in [-0.39, 0.29) is 38.4 Å². The predicted octanol–water partition coefficient (Wildman–Crippen LogP) is 5.05. The Morgan fingerprint density at radius 3 is 2.11 bits per heavy atom. The number of hydrogen-bond donors (Lipinski definition) is 1. The minimum absolute atomic E-state index is 0.0179. The van der Waals surface area contributed by atoms with Gasteiger partial charge in [0.15, 0.2) is 44.5 Å². The van der Waals surface area contributed by atoms with E-state index in [1.54, 1.807) is 6.08 Å². The molecule has 3 fully saturated rings. The SMILES string of the molecule is COc1cc(C2C3=CCC4C(=O)N(C)C(=O)C4C3CC3(Cl)C(=O)N(c4c(F)c(F)c(F)c(F)c4F)C(=O)C23Cl)cc(Br)c1O. The normalized spacial score (nSPS) is 31.3. The van der Waals surface area contributed by atoms with Crippen LogP contribution < -0.4 is 9.64 Å². The summed E-state index contributed by atoms with van der Waals surface area (Å²) in [6, 6.07) is 2.57. The number of benzene rings is 2. The van der Waals surface area contributed by atoms with Gasteiger partial charge in [0, 0.05) is 13.0 Å². The summed E-state index contributed by atoms with van der Waals surface area (Å²) in [5, 5.41) is 10.4. The third kappa shape index (κ3) is 3.61. The largest absolute Gasteiger partial charge is 0.503 e. The summed E-state index contributed by atoms with van der Waals surface area (Å²) >= 11 is 17.2. The van der Waals surface area contributed by atoms with Crippen LogP contribution in [0.3, 0.4) is 0 Å². The molecule has 6 unspecified atom stereocenters. The first-order chi connectivity index (χ1) is 20.5. The molecule has 2 aliphatic heterocycles. The molecule has 8 nitrogen and oxygen atoms in total. The Hall–Kier alpha value is -3.23. The van der Waals surface area contributed by atoms with Crippen LogP contribution in [0.2, 0.25) is 0 Å². The van der Waals surface area contributed by atoms with E-state index in [1.807, 2.05) is 0 Å². The van der Waals surface area contributed by atoms with E-state index < -0.39 is 98.2 Å². The van der Waals surface area contributed by atoms with Crippen molar-refractivity contribution in [1.29, 1.82) is 0 Å². The number of likely N-dealkylation sites (tertiary alicyclic amines) is 1. The Morgan fingerprint density at radius 1 is 0.932 bits per heavy atom. The van der Waals surface area contributed by atoms with Crippen LogP contribution in [0.25, 0.3) is 0 Å². The van der Waals surface area contributed by atoms with Crippen molar-refractivity contribution in [3.63, 3.8) is 0 Å². The summed E-state index contributed by atoms with van der Waals surface area (Å²) in [5.74, 6) is -21.5. The number of fused-ring (bicyclic) bond motifs is 4. The van der Waals surface area contributed by atoms with Crippen molar-refractivity contribution < 1.29 is 51.0 Å². The van der Waals surface area contributed by atoms with Gasteiger partial charge in [-0.3, -0.25) is 24.1 Å². The Morgan fingerprint density at radius 2 is 1.52 bits per heavy atom. The third-order valence-electron chi connectivity index (χ3n) is 9.05. The van der Waals surface area contributed by atoms with Crippen LogP contribution >= 0.6 is 39.1 Å². The predicted molar refractivity (Wildman–Crippen MR) is 147 cm³/mol. The van der Waals surface area contributed by atoms with Gasteiger partial charge in [-0.15, -0.1) is 23.2 Å². The number of phenols is 1.